The van der Waals surface area contributed by atoms with Gasteiger partial charge < -0.3 is 14.7 Å². The minimum Gasteiger partial charge on any atom is -0.378 e. The summed E-state index contributed by atoms with van der Waals surface area (Å²) in [6.45, 7) is 2.56. The lowest BCUT2D eigenvalue weighted by molar-refractivity contribution is 0.0740. The lowest BCUT2D eigenvalue weighted by Crippen LogP contribution is -2.49. The van der Waals surface area contributed by atoms with Crippen LogP contribution in [0.15, 0.2) is 30.9 Å². The Morgan fingerprint density at radius 2 is 1.96 bits per heavy atom. The summed E-state index contributed by atoms with van der Waals surface area (Å²) in [5.74, 6) is 0.665. The molecular formula is C16H19ClN6O. The fourth-order valence-electron chi connectivity index (χ4n) is 2.64. The van der Waals surface area contributed by atoms with Gasteiger partial charge in [-0.15, -0.1) is 0 Å². The zero-order valence-corrected chi connectivity index (χ0v) is 14.4. The number of pyridine rings is 1. The molecule has 126 valence electrons. The zero-order chi connectivity index (χ0) is 17.1. The fraction of sp³-hybridized carbons (Fsp3) is 0.375. The fourth-order valence-corrected chi connectivity index (χ4v) is 2.86. The first kappa shape index (κ1) is 16.4. The molecule has 24 heavy (non-hydrogen) atoms. The number of rotatable bonds is 3. The van der Waals surface area contributed by atoms with Crippen LogP contribution >= 0.6 is 11.6 Å². The van der Waals surface area contributed by atoms with E-state index in [1.165, 1.54) is 6.33 Å². The summed E-state index contributed by atoms with van der Waals surface area (Å²) in [6, 6.07) is 3.70. The van der Waals surface area contributed by atoms with E-state index in [0.29, 0.717) is 42.7 Å². The number of aromatic nitrogens is 3. The highest BCUT2D eigenvalue weighted by molar-refractivity contribution is 6.32. The van der Waals surface area contributed by atoms with Crippen LogP contribution in [-0.2, 0) is 0 Å². The van der Waals surface area contributed by atoms with Crippen molar-refractivity contribution in [2.45, 2.75) is 0 Å². The second kappa shape index (κ2) is 7.00. The molecular weight excluding hydrogens is 328 g/mol. The van der Waals surface area contributed by atoms with Crippen molar-refractivity contribution in [2.75, 3.05) is 50.1 Å². The molecule has 0 aromatic carbocycles. The molecule has 0 unspecified atom stereocenters. The van der Waals surface area contributed by atoms with Crippen LogP contribution in [0.25, 0.3) is 0 Å². The van der Waals surface area contributed by atoms with E-state index in [0.717, 1.165) is 5.69 Å². The van der Waals surface area contributed by atoms with Crippen molar-refractivity contribution in [1.29, 1.82) is 0 Å². The van der Waals surface area contributed by atoms with Crippen molar-refractivity contribution in [3.63, 3.8) is 0 Å². The van der Waals surface area contributed by atoms with Crippen molar-refractivity contribution in [1.82, 2.24) is 19.9 Å². The van der Waals surface area contributed by atoms with Crippen LogP contribution in [0.5, 0.6) is 0 Å². The molecule has 1 fully saturated rings. The number of carbonyl (C=O) groups is 1. The molecule has 0 spiro atoms. The van der Waals surface area contributed by atoms with Crippen molar-refractivity contribution in [3.8, 4) is 0 Å². The molecule has 1 aliphatic rings. The summed E-state index contributed by atoms with van der Waals surface area (Å²) in [5, 5.41) is 0.526. The van der Waals surface area contributed by atoms with Gasteiger partial charge in [-0.1, -0.05) is 11.6 Å². The molecule has 1 saturated heterocycles. The second-order valence-electron chi connectivity index (χ2n) is 5.77. The first-order chi connectivity index (χ1) is 11.6. The van der Waals surface area contributed by atoms with E-state index in [2.05, 4.69) is 19.9 Å². The molecule has 1 aliphatic heterocycles. The van der Waals surface area contributed by atoms with Crippen molar-refractivity contribution in [2.24, 2.45) is 0 Å². The van der Waals surface area contributed by atoms with Crippen molar-refractivity contribution < 1.29 is 4.79 Å². The Balaban J connectivity index is 1.67. The van der Waals surface area contributed by atoms with Gasteiger partial charge in [-0.05, 0) is 12.1 Å². The highest BCUT2D eigenvalue weighted by Crippen LogP contribution is 2.23. The standard InChI is InChI=1S/C16H19ClN6O/c1-21(2)12-3-4-19-14(9-12)16(24)23-7-5-22(6-8-23)15-13(17)10-18-11-20-15/h3-4,9-11H,5-8H2,1-2H3. The molecule has 2 aromatic rings. The number of anilines is 2. The lowest BCUT2D eigenvalue weighted by Gasteiger charge is -2.35. The van der Waals surface area contributed by atoms with Crippen LogP contribution in [0.3, 0.4) is 0 Å². The zero-order valence-electron chi connectivity index (χ0n) is 13.7. The van der Waals surface area contributed by atoms with E-state index in [1.807, 2.05) is 36.0 Å². The van der Waals surface area contributed by atoms with Crippen molar-refractivity contribution >= 4 is 29.0 Å². The van der Waals surface area contributed by atoms with E-state index in [1.54, 1.807) is 12.4 Å². The van der Waals surface area contributed by atoms with Crippen LogP contribution < -0.4 is 9.80 Å². The van der Waals surface area contributed by atoms with E-state index < -0.39 is 0 Å². The molecule has 7 nitrogen and oxygen atoms in total. The maximum Gasteiger partial charge on any atom is 0.272 e. The highest BCUT2D eigenvalue weighted by Gasteiger charge is 2.24. The Morgan fingerprint density at radius 3 is 2.62 bits per heavy atom. The SMILES string of the molecule is CN(C)c1ccnc(C(=O)N2CCN(c3ncncc3Cl)CC2)c1. The maximum absolute atomic E-state index is 12.7. The summed E-state index contributed by atoms with van der Waals surface area (Å²) >= 11 is 6.14. The third-order valence-corrected chi connectivity index (χ3v) is 4.26. The summed E-state index contributed by atoms with van der Waals surface area (Å²) < 4.78 is 0. The topological polar surface area (TPSA) is 65.5 Å². The van der Waals surface area contributed by atoms with Gasteiger partial charge in [-0.2, -0.15) is 0 Å². The molecule has 0 saturated carbocycles. The summed E-state index contributed by atoms with van der Waals surface area (Å²) in [6.07, 6.45) is 4.73. The van der Waals surface area contributed by atoms with Gasteiger partial charge in [0, 0.05) is 52.2 Å². The second-order valence-corrected chi connectivity index (χ2v) is 6.17. The summed E-state index contributed by atoms with van der Waals surface area (Å²) in [5.41, 5.74) is 1.43. The highest BCUT2D eigenvalue weighted by atomic mass is 35.5. The molecule has 3 rings (SSSR count). The van der Waals surface area contributed by atoms with E-state index >= 15 is 0 Å². The number of carbonyl (C=O) groups excluding carboxylic acids is 1. The molecule has 2 aromatic heterocycles. The number of nitrogens with zero attached hydrogens (tertiary/aromatic N) is 6. The van der Waals surface area contributed by atoms with Gasteiger partial charge in [0.1, 0.15) is 17.0 Å². The smallest absolute Gasteiger partial charge is 0.272 e. The monoisotopic (exact) mass is 346 g/mol. The number of amides is 1. The number of hydrogen-bond acceptors (Lipinski definition) is 6. The molecule has 0 atom stereocenters. The normalized spacial score (nSPS) is 14.6. The molecule has 0 bridgehead atoms. The Kier molecular flexibility index (Phi) is 4.80. The Labute approximate surface area is 145 Å². The van der Waals surface area contributed by atoms with Gasteiger partial charge in [0.25, 0.3) is 5.91 Å². The molecule has 8 heteroatoms. The number of piperazine rings is 1. The van der Waals surface area contributed by atoms with Gasteiger partial charge in [0.2, 0.25) is 0 Å². The van der Waals surface area contributed by atoms with E-state index in [4.69, 9.17) is 11.6 Å². The Hall–Kier alpha value is -2.41. The van der Waals surface area contributed by atoms with Gasteiger partial charge in [0.05, 0.1) is 6.20 Å². The summed E-state index contributed by atoms with van der Waals surface area (Å²) in [7, 11) is 3.88. The lowest BCUT2D eigenvalue weighted by atomic mass is 10.2. The average Bonchev–Trinajstić information content (AvgIpc) is 2.62. The van der Waals surface area contributed by atoms with E-state index in [-0.39, 0.29) is 5.91 Å². The molecule has 3 heterocycles. The van der Waals surface area contributed by atoms with Crippen LogP contribution in [-0.4, -0.2) is 66.0 Å². The Bertz CT molecular complexity index is 730. The molecule has 0 radical (unpaired) electrons. The summed E-state index contributed by atoms with van der Waals surface area (Å²) in [4.78, 5) is 30.8. The van der Waals surface area contributed by atoms with Gasteiger partial charge in [-0.3, -0.25) is 9.78 Å². The van der Waals surface area contributed by atoms with Crippen LogP contribution in [0.2, 0.25) is 5.02 Å². The third kappa shape index (κ3) is 3.41. The predicted molar refractivity (Wildman–Crippen MR) is 93.7 cm³/mol. The minimum absolute atomic E-state index is 0.0489. The van der Waals surface area contributed by atoms with Gasteiger partial charge in [-0.25, -0.2) is 9.97 Å². The molecule has 1 amide bonds. The molecule has 0 aliphatic carbocycles. The molecule has 0 N–H and O–H groups in total. The first-order valence-corrected chi connectivity index (χ1v) is 8.07. The predicted octanol–water partition coefficient (Wildman–Crippen LogP) is 1.55. The first-order valence-electron chi connectivity index (χ1n) is 7.69. The maximum atomic E-state index is 12.7. The van der Waals surface area contributed by atoms with E-state index in [9.17, 15) is 4.79 Å². The van der Waals surface area contributed by atoms with Crippen LogP contribution in [0.1, 0.15) is 10.5 Å². The minimum atomic E-state index is -0.0489. The quantitative estimate of drug-likeness (QED) is 0.840. The van der Waals surface area contributed by atoms with Crippen LogP contribution in [0, 0.1) is 0 Å². The number of hydrogen-bond donors (Lipinski definition) is 0. The van der Waals surface area contributed by atoms with Crippen molar-refractivity contribution in [3.05, 3.63) is 41.6 Å². The third-order valence-electron chi connectivity index (χ3n) is 3.99. The van der Waals surface area contributed by atoms with Gasteiger partial charge >= 0.3 is 0 Å². The van der Waals surface area contributed by atoms with Crippen LogP contribution in [0.4, 0.5) is 11.5 Å². The van der Waals surface area contributed by atoms with Gasteiger partial charge in [0.15, 0.2) is 5.82 Å². The Morgan fingerprint density at radius 1 is 1.21 bits per heavy atom. The average molecular weight is 347 g/mol. The number of halogens is 1. The largest absolute Gasteiger partial charge is 0.378 e.